The second kappa shape index (κ2) is 19.6. The van der Waals surface area contributed by atoms with Crippen molar-refractivity contribution in [3.8, 4) is 0 Å². The van der Waals surface area contributed by atoms with E-state index < -0.39 is 0 Å². The van der Waals surface area contributed by atoms with Crippen LogP contribution in [-0.4, -0.2) is 12.4 Å². The van der Waals surface area contributed by atoms with Gasteiger partial charge >= 0.3 is 16.8 Å². The molecule has 0 amide bonds. The summed E-state index contributed by atoms with van der Waals surface area (Å²) in [5.41, 5.74) is 7.82. The van der Waals surface area contributed by atoms with Gasteiger partial charge in [0.15, 0.2) is 0 Å². The maximum absolute atomic E-state index is 4.54. The Morgan fingerprint density at radius 1 is 0.362 bits per heavy atom. The van der Waals surface area contributed by atoms with Crippen LogP contribution >= 0.6 is 0 Å². The molecule has 1 radical (unpaired) electrons. The van der Waals surface area contributed by atoms with Gasteiger partial charge in [0.25, 0.3) is 0 Å². The molecule has 0 spiro atoms. The molecule has 0 heterocycles. The monoisotopic (exact) mass is 653 g/mol. The Hall–Kier alpha value is -5.75. The van der Waals surface area contributed by atoms with E-state index in [-0.39, 0.29) is 16.8 Å². The van der Waals surface area contributed by atoms with Crippen molar-refractivity contribution in [2.24, 2.45) is 9.98 Å². The molecule has 5 heteroatoms. The van der Waals surface area contributed by atoms with E-state index in [1.807, 2.05) is 183 Å². The fraction of sp³-hybridized carbons (Fsp3) is 0. The largest absolute Gasteiger partial charge is 2.00 e. The van der Waals surface area contributed by atoms with Gasteiger partial charge < -0.3 is 10.6 Å². The van der Waals surface area contributed by atoms with Crippen molar-refractivity contribution in [2.45, 2.75) is 0 Å². The summed E-state index contributed by atoms with van der Waals surface area (Å²) < 4.78 is 0. The number of aliphatic imine (C=N–C) groups is 2. The molecule has 0 N–H and O–H groups in total. The van der Waals surface area contributed by atoms with Crippen LogP contribution in [0, 0.1) is 0 Å². The maximum atomic E-state index is 4.54. The van der Waals surface area contributed by atoms with Crippen LogP contribution in [0.3, 0.4) is 0 Å². The van der Waals surface area contributed by atoms with Crippen molar-refractivity contribution in [1.29, 1.82) is 0 Å². The van der Waals surface area contributed by atoms with Crippen molar-refractivity contribution in [1.82, 2.24) is 0 Å². The predicted molar refractivity (Wildman–Crippen MR) is 197 cm³/mol. The summed E-state index contributed by atoms with van der Waals surface area (Å²) in [6, 6.07) is 59.9. The Morgan fingerprint density at radius 3 is 0.957 bits per heavy atom. The first-order valence-corrected chi connectivity index (χ1v) is 15.0. The molecule has 6 aromatic carbocycles. The van der Waals surface area contributed by atoms with Crippen LogP contribution in [0.2, 0.25) is 0 Å². The van der Waals surface area contributed by atoms with Crippen molar-refractivity contribution >= 4 is 46.3 Å². The Bertz CT molecular complexity index is 1700. The van der Waals surface area contributed by atoms with Gasteiger partial charge in [-0.25, -0.2) is 0 Å². The van der Waals surface area contributed by atoms with E-state index in [0.717, 1.165) is 45.0 Å². The number of benzene rings is 6. The van der Waals surface area contributed by atoms with Gasteiger partial charge in [-0.3, -0.25) is 9.98 Å². The molecule has 0 aliphatic rings. The van der Waals surface area contributed by atoms with Crippen LogP contribution in [0.1, 0.15) is 11.1 Å². The molecule has 0 aromatic heterocycles. The van der Waals surface area contributed by atoms with Crippen molar-refractivity contribution in [2.75, 3.05) is 0 Å². The number of hydrogen-bond acceptors (Lipinski definition) is 2. The van der Waals surface area contributed by atoms with E-state index in [1.54, 1.807) is 0 Å². The second-order valence-electron chi connectivity index (χ2n) is 10.0. The molecule has 0 saturated carbocycles. The van der Waals surface area contributed by atoms with Crippen molar-refractivity contribution < 1.29 is 16.8 Å². The number of rotatable bonds is 10. The standard InChI is InChI=1S/2C21H17N2.Co/c2*1-4-10-18(11-5-1)19(16-22-20-12-6-2-7-13-20)17-23-21-14-8-3-9-15-21;/h2*1-17H;/q2*-1;+2. The number of allylic oxidation sites excluding steroid dienone is 2. The van der Waals surface area contributed by atoms with Crippen LogP contribution < -0.4 is 0 Å². The van der Waals surface area contributed by atoms with Gasteiger partial charge in [0.2, 0.25) is 0 Å². The number of hydrogen-bond donors (Lipinski definition) is 0. The Kier molecular flexibility index (Phi) is 14.2. The molecule has 231 valence electrons. The first kappa shape index (κ1) is 34.1. The molecular weight excluding hydrogens is 619 g/mol. The predicted octanol–water partition coefficient (Wildman–Crippen LogP) is 12.3. The summed E-state index contributed by atoms with van der Waals surface area (Å²) in [7, 11) is 0. The van der Waals surface area contributed by atoms with Crippen molar-refractivity contribution in [3.63, 3.8) is 0 Å². The topological polar surface area (TPSA) is 52.9 Å². The summed E-state index contributed by atoms with van der Waals surface area (Å²) >= 11 is 0. The van der Waals surface area contributed by atoms with Gasteiger partial charge in [-0.15, -0.1) is 11.4 Å². The maximum Gasteiger partial charge on any atom is 2.00 e. The fourth-order valence-electron chi connectivity index (χ4n) is 4.26. The molecule has 4 nitrogen and oxygen atoms in total. The minimum Gasteiger partial charge on any atom is -0.664 e. The van der Waals surface area contributed by atoms with Crippen molar-refractivity contribution in [3.05, 3.63) is 216 Å². The molecule has 0 bridgehead atoms. The van der Waals surface area contributed by atoms with Gasteiger partial charge in [0, 0.05) is 12.4 Å². The van der Waals surface area contributed by atoms with Crippen LogP contribution in [0.15, 0.2) is 204 Å². The number of para-hydroxylation sites is 4. The van der Waals surface area contributed by atoms with Crippen LogP contribution in [0.5, 0.6) is 0 Å². The Balaban J connectivity index is 0.000000208. The molecule has 0 unspecified atom stereocenters. The Morgan fingerprint density at radius 2 is 0.638 bits per heavy atom. The second-order valence-corrected chi connectivity index (χ2v) is 10.0. The molecule has 0 atom stereocenters. The molecule has 6 aromatic rings. The quantitative estimate of drug-likeness (QED) is 0.132. The van der Waals surface area contributed by atoms with Gasteiger partial charge in [-0.05, 0) is 46.5 Å². The van der Waals surface area contributed by atoms with Crippen LogP contribution in [0.4, 0.5) is 22.7 Å². The summed E-state index contributed by atoms with van der Waals surface area (Å²) in [6.45, 7) is 0. The molecular formula is C42H34CoN4. The van der Waals surface area contributed by atoms with E-state index in [1.165, 1.54) is 0 Å². The van der Waals surface area contributed by atoms with E-state index in [4.69, 9.17) is 0 Å². The zero-order chi connectivity index (χ0) is 31.5. The Labute approximate surface area is 288 Å². The smallest absolute Gasteiger partial charge is 0.664 e. The van der Waals surface area contributed by atoms with Crippen LogP contribution in [-0.2, 0) is 16.8 Å². The molecule has 0 fully saturated rings. The van der Waals surface area contributed by atoms with E-state index in [0.29, 0.717) is 0 Å². The third kappa shape index (κ3) is 11.9. The summed E-state index contributed by atoms with van der Waals surface area (Å²) in [5.74, 6) is 0. The molecule has 6 rings (SSSR count). The molecule has 0 aliphatic heterocycles. The minimum atomic E-state index is 0. The SMILES string of the molecule is C(=Nc1ccccc1)C(=C[N-]c1ccccc1)c1ccccc1.C(=Nc1ccccc1)C(=C[N-]c1ccccc1)c1ccccc1.[Co+2]. The van der Waals surface area contributed by atoms with E-state index >= 15 is 0 Å². The zero-order valence-corrected chi connectivity index (χ0v) is 26.8. The first-order chi connectivity index (χ1) is 22.8. The average molecular weight is 654 g/mol. The summed E-state index contributed by atoms with van der Waals surface area (Å²) in [6.07, 6.45) is 7.43. The zero-order valence-electron chi connectivity index (χ0n) is 25.8. The third-order valence-corrected chi connectivity index (χ3v) is 6.65. The first-order valence-electron chi connectivity index (χ1n) is 15.0. The average Bonchev–Trinajstić information content (AvgIpc) is 3.14. The normalized spacial score (nSPS) is 11.3. The van der Waals surface area contributed by atoms with E-state index in [9.17, 15) is 0 Å². The van der Waals surface area contributed by atoms with E-state index in [2.05, 4.69) is 44.9 Å². The van der Waals surface area contributed by atoms with Crippen LogP contribution in [0.25, 0.3) is 21.8 Å². The summed E-state index contributed by atoms with van der Waals surface area (Å²) in [4.78, 5) is 9.08. The van der Waals surface area contributed by atoms with Gasteiger partial charge in [-0.2, -0.15) is 12.4 Å². The molecule has 0 saturated heterocycles. The summed E-state index contributed by atoms with van der Waals surface area (Å²) in [5, 5.41) is 9.08. The van der Waals surface area contributed by atoms with Gasteiger partial charge in [0.1, 0.15) is 0 Å². The van der Waals surface area contributed by atoms with Gasteiger partial charge in [-0.1, -0.05) is 158 Å². The minimum absolute atomic E-state index is 0. The third-order valence-electron chi connectivity index (χ3n) is 6.65. The van der Waals surface area contributed by atoms with Gasteiger partial charge in [0.05, 0.1) is 11.4 Å². The number of nitrogens with zero attached hydrogens (tertiary/aromatic N) is 4. The molecule has 0 aliphatic carbocycles. The molecule has 47 heavy (non-hydrogen) atoms. The fourth-order valence-corrected chi connectivity index (χ4v) is 4.26.